The third-order valence-corrected chi connectivity index (χ3v) is 5.40. The van der Waals surface area contributed by atoms with Gasteiger partial charge in [0.15, 0.2) is 0 Å². The lowest BCUT2D eigenvalue weighted by molar-refractivity contribution is -0.122. The van der Waals surface area contributed by atoms with Crippen molar-refractivity contribution in [3.63, 3.8) is 0 Å². The van der Waals surface area contributed by atoms with Crippen molar-refractivity contribution in [1.29, 1.82) is 0 Å². The Bertz CT molecular complexity index is 755. The molecule has 0 atom stereocenters. The number of carbonyl (C=O) groups excluding carboxylic acids is 2. The van der Waals surface area contributed by atoms with Crippen LogP contribution in [0.1, 0.15) is 14.5 Å². The SMILES string of the molecule is Cc1ccc(C(=O)N2CCN(CC(=O)NCCOc3ccccc3)CC2)s1. The van der Waals surface area contributed by atoms with Crippen LogP contribution in [0.4, 0.5) is 0 Å². The Morgan fingerprint density at radius 2 is 1.81 bits per heavy atom. The molecule has 1 aromatic heterocycles. The second-order valence-corrected chi connectivity index (χ2v) is 7.78. The molecule has 1 aliphatic heterocycles. The number of amides is 2. The third kappa shape index (κ3) is 5.80. The van der Waals surface area contributed by atoms with Gasteiger partial charge in [-0.25, -0.2) is 0 Å². The van der Waals surface area contributed by atoms with Gasteiger partial charge >= 0.3 is 0 Å². The predicted octanol–water partition coefficient (Wildman–Crippen LogP) is 2.01. The quantitative estimate of drug-likeness (QED) is 0.739. The number of piperazine rings is 1. The van der Waals surface area contributed by atoms with Crippen molar-refractivity contribution in [1.82, 2.24) is 15.1 Å². The van der Waals surface area contributed by atoms with E-state index < -0.39 is 0 Å². The molecule has 6 nitrogen and oxygen atoms in total. The Morgan fingerprint density at radius 1 is 1.07 bits per heavy atom. The summed E-state index contributed by atoms with van der Waals surface area (Å²) < 4.78 is 5.56. The summed E-state index contributed by atoms with van der Waals surface area (Å²) >= 11 is 1.53. The van der Waals surface area contributed by atoms with E-state index in [9.17, 15) is 9.59 Å². The Morgan fingerprint density at radius 3 is 2.48 bits per heavy atom. The van der Waals surface area contributed by atoms with Crippen LogP contribution in [0.5, 0.6) is 5.75 Å². The maximum absolute atomic E-state index is 12.5. The molecule has 3 rings (SSSR count). The molecule has 1 saturated heterocycles. The summed E-state index contributed by atoms with van der Waals surface area (Å²) in [5, 5.41) is 2.88. The standard InChI is InChI=1S/C20H25N3O3S/c1-16-7-8-18(27-16)20(25)23-12-10-22(11-13-23)15-19(24)21-9-14-26-17-5-3-2-4-6-17/h2-8H,9-15H2,1H3,(H,21,24). The molecule has 0 aliphatic carbocycles. The van der Waals surface area contributed by atoms with Gasteiger partial charge in [-0.1, -0.05) is 18.2 Å². The normalized spacial score (nSPS) is 14.8. The van der Waals surface area contributed by atoms with E-state index in [2.05, 4.69) is 10.2 Å². The highest BCUT2D eigenvalue weighted by Gasteiger charge is 2.23. The molecule has 1 aliphatic rings. The fourth-order valence-corrected chi connectivity index (χ4v) is 3.78. The molecular weight excluding hydrogens is 362 g/mol. The minimum Gasteiger partial charge on any atom is -0.492 e. The van der Waals surface area contributed by atoms with E-state index in [0.717, 1.165) is 15.5 Å². The lowest BCUT2D eigenvalue weighted by Gasteiger charge is -2.34. The van der Waals surface area contributed by atoms with Gasteiger partial charge in [-0.15, -0.1) is 11.3 Å². The Kier molecular flexibility index (Phi) is 6.84. The molecule has 2 aromatic rings. The van der Waals surface area contributed by atoms with E-state index in [0.29, 0.717) is 45.9 Å². The number of para-hydroxylation sites is 1. The topological polar surface area (TPSA) is 61.9 Å². The van der Waals surface area contributed by atoms with Crippen molar-refractivity contribution in [2.45, 2.75) is 6.92 Å². The number of rotatable bonds is 7. The predicted molar refractivity (Wildman–Crippen MR) is 106 cm³/mol. The van der Waals surface area contributed by atoms with Crippen LogP contribution in [0.25, 0.3) is 0 Å². The first-order chi connectivity index (χ1) is 13.1. The average molecular weight is 388 g/mol. The molecule has 1 aromatic carbocycles. The molecule has 2 heterocycles. The summed E-state index contributed by atoms with van der Waals surface area (Å²) in [6.07, 6.45) is 0. The van der Waals surface area contributed by atoms with Crippen LogP contribution in [0.3, 0.4) is 0 Å². The Hall–Kier alpha value is -2.38. The van der Waals surface area contributed by atoms with Crippen molar-refractivity contribution in [3.8, 4) is 5.75 Å². The first-order valence-electron chi connectivity index (χ1n) is 9.14. The molecule has 0 spiro atoms. The molecule has 1 fully saturated rings. The number of aryl methyl sites for hydroxylation is 1. The second-order valence-electron chi connectivity index (χ2n) is 6.49. The van der Waals surface area contributed by atoms with Gasteiger partial charge < -0.3 is 15.0 Å². The highest BCUT2D eigenvalue weighted by molar-refractivity contribution is 7.13. The fraction of sp³-hybridized carbons (Fsp3) is 0.400. The number of benzene rings is 1. The number of ether oxygens (including phenoxy) is 1. The van der Waals surface area contributed by atoms with E-state index in [4.69, 9.17) is 4.74 Å². The van der Waals surface area contributed by atoms with E-state index in [1.54, 1.807) is 0 Å². The maximum atomic E-state index is 12.5. The van der Waals surface area contributed by atoms with Gasteiger partial charge in [0.2, 0.25) is 5.91 Å². The summed E-state index contributed by atoms with van der Waals surface area (Å²) in [6, 6.07) is 13.4. The molecule has 2 amide bonds. The minimum absolute atomic E-state index is 0.0136. The van der Waals surface area contributed by atoms with Crippen molar-refractivity contribution >= 4 is 23.2 Å². The van der Waals surface area contributed by atoms with Crippen molar-refractivity contribution in [3.05, 3.63) is 52.2 Å². The summed E-state index contributed by atoms with van der Waals surface area (Å²) in [5.74, 6) is 0.879. The Balaban J connectivity index is 1.32. The lowest BCUT2D eigenvalue weighted by Crippen LogP contribution is -2.51. The number of carbonyl (C=O) groups is 2. The molecule has 1 N–H and O–H groups in total. The summed E-state index contributed by atoms with van der Waals surface area (Å²) in [4.78, 5) is 30.4. The van der Waals surface area contributed by atoms with Gasteiger partial charge in [-0.05, 0) is 31.2 Å². The van der Waals surface area contributed by atoms with Crippen LogP contribution in [0.2, 0.25) is 0 Å². The van der Waals surface area contributed by atoms with Crippen LogP contribution < -0.4 is 10.1 Å². The van der Waals surface area contributed by atoms with Crippen molar-refractivity contribution < 1.29 is 14.3 Å². The minimum atomic E-state index is -0.0136. The number of nitrogens with zero attached hydrogens (tertiary/aromatic N) is 2. The fourth-order valence-electron chi connectivity index (χ4n) is 2.95. The number of thiophene rings is 1. The molecule has 0 unspecified atom stereocenters. The average Bonchev–Trinajstić information content (AvgIpc) is 3.12. The van der Waals surface area contributed by atoms with Gasteiger partial charge in [-0.2, -0.15) is 0 Å². The van der Waals surface area contributed by atoms with E-state index in [1.165, 1.54) is 11.3 Å². The van der Waals surface area contributed by atoms with Gasteiger partial charge in [0.25, 0.3) is 5.91 Å². The van der Waals surface area contributed by atoms with E-state index >= 15 is 0 Å². The van der Waals surface area contributed by atoms with E-state index in [1.807, 2.05) is 54.3 Å². The molecule has 0 saturated carbocycles. The van der Waals surface area contributed by atoms with Crippen LogP contribution >= 0.6 is 11.3 Å². The maximum Gasteiger partial charge on any atom is 0.264 e. The Labute approximate surface area is 163 Å². The first-order valence-corrected chi connectivity index (χ1v) is 9.96. The number of hydrogen-bond donors (Lipinski definition) is 1. The third-order valence-electron chi connectivity index (χ3n) is 4.41. The molecule has 0 bridgehead atoms. The zero-order chi connectivity index (χ0) is 19.1. The van der Waals surface area contributed by atoms with Gasteiger partial charge in [-0.3, -0.25) is 14.5 Å². The van der Waals surface area contributed by atoms with Crippen LogP contribution in [-0.4, -0.2) is 67.5 Å². The van der Waals surface area contributed by atoms with Crippen LogP contribution in [0.15, 0.2) is 42.5 Å². The first kappa shape index (κ1) is 19.4. The van der Waals surface area contributed by atoms with Gasteiger partial charge in [0.05, 0.1) is 18.0 Å². The highest BCUT2D eigenvalue weighted by atomic mass is 32.1. The number of nitrogens with one attached hydrogen (secondary N) is 1. The van der Waals surface area contributed by atoms with Crippen molar-refractivity contribution in [2.75, 3.05) is 45.9 Å². The van der Waals surface area contributed by atoms with Crippen molar-refractivity contribution in [2.24, 2.45) is 0 Å². The van der Waals surface area contributed by atoms with Crippen LogP contribution in [0, 0.1) is 6.92 Å². The molecule has 27 heavy (non-hydrogen) atoms. The van der Waals surface area contributed by atoms with E-state index in [-0.39, 0.29) is 11.8 Å². The summed E-state index contributed by atoms with van der Waals surface area (Å²) in [5.41, 5.74) is 0. The van der Waals surface area contributed by atoms with Gasteiger partial charge in [0.1, 0.15) is 12.4 Å². The second kappa shape index (κ2) is 9.53. The summed E-state index contributed by atoms with van der Waals surface area (Å²) in [7, 11) is 0. The zero-order valence-corrected chi connectivity index (χ0v) is 16.3. The molecule has 7 heteroatoms. The van der Waals surface area contributed by atoms with Gasteiger partial charge in [0, 0.05) is 31.1 Å². The summed E-state index contributed by atoms with van der Waals surface area (Å²) in [6.45, 7) is 6.00. The smallest absolute Gasteiger partial charge is 0.264 e. The van der Waals surface area contributed by atoms with Crippen LogP contribution in [-0.2, 0) is 4.79 Å². The monoisotopic (exact) mass is 387 g/mol. The largest absolute Gasteiger partial charge is 0.492 e. The molecular formula is C20H25N3O3S. The lowest BCUT2D eigenvalue weighted by atomic mass is 10.3. The highest BCUT2D eigenvalue weighted by Crippen LogP contribution is 2.18. The zero-order valence-electron chi connectivity index (χ0n) is 15.5. The number of hydrogen-bond acceptors (Lipinski definition) is 5. The molecule has 144 valence electrons. The molecule has 0 radical (unpaired) electrons.